The van der Waals surface area contributed by atoms with E-state index in [2.05, 4.69) is 5.32 Å². The molecule has 0 unspecified atom stereocenters. The van der Waals surface area contributed by atoms with Gasteiger partial charge >= 0.3 is 11.9 Å². The summed E-state index contributed by atoms with van der Waals surface area (Å²) in [5.41, 5.74) is 1.16. The van der Waals surface area contributed by atoms with Crippen LogP contribution >= 0.6 is 22.9 Å². The SMILES string of the molecule is COC(=O)c1cc(Cl)ccc1NCc1cc(C(=O)O)cs1. The Labute approximate surface area is 130 Å². The summed E-state index contributed by atoms with van der Waals surface area (Å²) in [6, 6.07) is 6.45. The van der Waals surface area contributed by atoms with E-state index in [1.807, 2.05) is 0 Å². The second-order valence-electron chi connectivity index (χ2n) is 4.14. The highest BCUT2D eigenvalue weighted by Crippen LogP contribution is 2.23. The van der Waals surface area contributed by atoms with Crippen LogP contribution in [0.5, 0.6) is 0 Å². The van der Waals surface area contributed by atoms with Gasteiger partial charge in [-0.05, 0) is 24.3 Å². The number of methoxy groups -OCH3 is 1. The summed E-state index contributed by atoms with van der Waals surface area (Å²) in [6.45, 7) is 0.406. The van der Waals surface area contributed by atoms with Crippen molar-refractivity contribution >= 4 is 40.6 Å². The van der Waals surface area contributed by atoms with Crippen molar-refractivity contribution in [2.24, 2.45) is 0 Å². The van der Waals surface area contributed by atoms with Gasteiger partial charge in [-0.2, -0.15) is 0 Å². The van der Waals surface area contributed by atoms with Crippen LogP contribution in [-0.4, -0.2) is 24.2 Å². The summed E-state index contributed by atoms with van der Waals surface area (Å²) in [7, 11) is 1.30. The minimum Gasteiger partial charge on any atom is -0.478 e. The number of thiophene rings is 1. The highest BCUT2D eigenvalue weighted by molar-refractivity contribution is 7.10. The van der Waals surface area contributed by atoms with Crippen LogP contribution in [0.3, 0.4) is 0 Å². The number of aromatic carboxylic acids is 1. The molecular weight excluding hydrogens is 314 g/mol. The number of nitrogens with one attached hydrogen (secondary N) is 1. The number of benzene rings is 1. The lowest BCUT2D eigenvalue weighted by Crippen LogP contribution is -2.07. The number of carboxylic acid groups (broad SMARTS) is 1. The predicted molar refractivity (Wildman–Crippen MR) is 81.4 cm³/mol. The normalized spacial score (nSPS) is 10.2. The number of carbonyl (C=O) groups is 2. The molecule has 2 rings (SSSR count). The van der Waals surface area contributed by atoms with E-state index in [0.717, 1.165) is 4.88 Å². The molecule has 0 saturated carbocycles. The Kier molecular flexibility index (Phi) is 4.82. The Hall–Kier alpha value is -2.05. The first-order valence-electron chi connectivity index (χ1n) is 5.93. The second kappa shape index (κ2) is 6.60. The van der Waals surface area contributed by atoms with Gasteiger partial charge in [-0.15, -0.1) is 11.3 Å². The molecule has 21 heavy (non-hydrogen) atoms. The van der Waals surface area contributed by atoms with Crippen molar-refractivity contribution in [1.82, 2.24) is 0 Å². The largest absolute Gasteiger partial charge is 0.478 e. The fourth-order valence-electron chi connectivity index (χ4n) is 1.72. The Morgan fingerprint density at radius 3 is 2.76 bits per heavy atom. The van der Waals surface area contributed by atoms with Gasteiger partial charge in [0, 0.05) is 27.5 Å². The number of halogens is 1. The van der Waals surface area contributed by atoms with Crippen molar-refractivity contribution in [1.29, 1.82) is 0 Å². The van der Waals surface area contributed by atoms with Gasteiger partial charge in [0.2, 0.25) is 0 Å². The molecule has 0 amide bonds. The summed E-state index contributed by atoms with van der Waals surface area (Å²) in [5.74, 6) is -1.45. The molecule has 1 aromatic carbocycles. The molecule has 0 aliphatic heterocycles. The van der Waals surface area contributed by atoms with Gasteiger partial charge in [-0.25, -0.2) is 9.59 Å². The number of carbonyl (C=O) groups excluding carboxylic acids is 1. The molecule has 5 nitrogen and oxygen atoms in total. The van der Waals surface area contributed by atoms with E-state index in [4.69, 9.17) is 21.4 Å². The van der Waals surface area contributed by atoms with Gasteiger partial charge in [0.05, 0.1) is 18.2 Å². The number of ether oxygens (including phenoxy) is 1. The molecule has 1 aromatic heterocycles. The molecule has 7 heteroatoms. The molecule has 2 N–H and O–H groups in total. The summed E-state index contributed by atoms with van der Waals surface area (Å²) >= 11 is 7.21. The van der Waals surface area contributed by atoms with E-state index in [-0.39, 0.29) is 5.56 Å². The summed E-state index contributed by atoms with van der Waals surface area (Å²) < 4.78 is 4.71. The zero-order valence-corrected chi connectivity index (χ0v) is 12.6. The van der Waals surface area contributed by atoms with Crippen molar-refractivity contribution in [2.45, 2.75) is 6.54 Å². The lowest BCUT2D eigenvalue weighted by Gasteiger charge is -2.10. The van der Waals surface area contributed by atoms with Crippen molar-refractivity contribution in [3.05, 3.63) is 50.7 Å². The predicted octanol–water partition coefficient (Wildman–Crippen LogP) is 3.50. The monoisotopic (exact) mass is 325 g/mol. The lowest BCUT2D eigenvalue weighted by molar-refractivity contribution is 0.0601. The van der Waals surface area contributed by atoms with Crippen LogP contribution in [0.2, 0.25) is 5.02 Å². The number of hydrogen-bond acceptors (Lipinski definition) is 5. The minimum atomic E-state index is -0.959. The molecular formula is C14H12ClNO4S. The third kappa shape index (κ3) is 3.74. The number of anilines is 1. The van der Waals surface area contributed by atoms with Crippen molar-refractivity contribution < 1.29 is 19.4 Å². The van der Waals surface area contributed by atoms with E-state index in [1.165, 1.54) is 24.5 Å². The maximum atomic E-state index is 11.7. The van der Waals surface area contributed by atoms with Gasteiger partial charge in [0.25, 0.3) is 0 Å². The van der Waals surface area contributed by atoms with Crippen LogP contribution in [0, 0.1) is 0 Å². The zero-order valence-electron chi connectivity index (χ0n) is 11.1. The first-order valence-corrected chi connectivity index (χ1v) is 7.19. The van der Waals surface area contributed by atoms with E-state index >= 15 is 0 Å². The van der Waals surface area contributed by atoms with Crippen LogP contribution in [0.1, 0.15) is 25.6 Å². The van der Waals surface area contributed by atoms with Gasteiger partial charge in [-0.3, -0.25) is 0 Å². The average molecular weight is 326 g/mol. The maximum absolute atomic E-state index is 11.7. The minimum absolute atomic E-state index is 0.251. The molecule has 0 atom stereocenters. The van der Waals surface area contributed by atoms with Gasteiger partial charge in [0.15, 0.2) is 0 Å². The van der Waals surface area contributed by atoms with E-state index < -0.39 is 11.9 Å². The summed E-state index contributed by atoms with van der Waals surface area (Å²) in [5, 5.41) is 14.0. The Morgan fingerprint density at radius 2 is 2.14 bits per heavy atom. The first-order chi connectivity index (χ1) is 10.0. The fraction of sp³-hybridized carbons (Fsp3) is 0.143. The Balaban J connectivity index is 2.15. The van der Waals surface area contributed by atoms with Gasteiger partial charge in [0.1, 0.15) is 0 Å². The average Bonchev–Trinajstić information content (AvgIpc) is 2.94. The molecule has 0 radical (unpaired) electrons. The highest BCUT2D eigenvalue weighted by Gasteiger charge is 2.13. The Morgan fingerprint density at radius 1 is 1.38 bits per heavy atom. The first kappa shape index (κ1) is 15.3. The summed E-state index contributed by atoms with van der Waals surface area (Å²) in [6.07, 6.45) is 0. The Bertz CT molecular complexity index is 683. The molecule has 1 heterocycles. The van der Waals surface area contributed by atoms with Crippen LogP contribution < -0.4 is 5.32 Å². The number of rotatable bonds is 5. The van der Waals surface area contributed by atoms with Crippen LogP contribution in [0.4, 0.5) is 5.69 Å². The molecule has 2 aromatic rings. The van der Waals surface area contributed by atoms with E-state index in [1.54, 1.807) is 23.6 Å². The van der Waals surface area contributed by atoms with Crippen molar-refractivity contribution in [3.63, 3.8) is 0 Å². The summed E-state index contributed by atoms with van der Waals surface area (Å²) in [4.78, 5) is 23.4. The molecule has 110 valence electrons. The standard InChI is InChI=1S/C14H12ClNO4S/c1-20-14(19)11-5-9(15)2-3-12(11)16-6-10-4-8(7-21-10)13(17)18/h2-5,7,16H,6H2,1H3,(H,17,18). The molecule has 0 spiro atoms. The molecule has 0 aliphatic carbocycles. The molecule has 0 bridgehead atoms. The van der Waals surface area contributed by atoms with E-state index in [0.29, 0.717) is 22.8 Å². The van der Waals surface area contributed by atoms with E-state index in [9.17, 15) is 9.59 Å². The molecule has 0 aliphatic rings. The third-order valence-corrected chi connectivity index (χ3v) is 3.91. The highest BCUT2D eigenvalue weighted by atomic mass is 35.5. The fourth-order valence-corrected chi connectivity index (χ4v) is 2.69. The van der Waals surface area contributed by atoms with Crippen LogP contribution in [0.15, 0.2) is 29.6 Å². The number of esters is 1. The second-order valence-corrected chi connectivity index (χ2v) is 5.57. The number of carboxylic acids is 1. The zero-order chi connectivity index (χ0) is 15.4. The molecule has 0 fully saturated rings. The van der Waals surface area contributed by atoms with Crippen molar-refractivity contribution in [2.75, 3.05) is 12.4 Å². The third-order valence-electron chi connectivity index (χ3n) is 2.74. The lowest BCUT2D eigenvalue weighted by atomic mass is 10.1. The molecule has 0 saturated heterocycles. The maximum Gasteiger partial charge on any atom is 0.340 e. The van der Waals surface area contributed by atoms with Crippen LogP contribution in [-0.2, 0) is 11.3 Å². The van der Waals surface area contributed by atoms with Crippen molar-refractivity contribution in [3.8, 4) is 0 Å². The van der Waals surface area contributed by atoms with Gasteiger partial charge in [-0.1, -0.05) is 11.6 Å². The van der Waals surface area contributed by atoms with Crippen LogP contribution in [0.25, 0.3) is 0 Å². The van der Waals surface area contributed by atoms with Gasteiger partial charge < -0.3 is 15.2 Å². The quantitative estimate of drug-likeness (QED) is 0.823. The number of hydrogen-bond donors (Lipinski definition) is 2. The smallest absolute Gasteiger partial charge is 0.340 e. The topological polar surface area (TPSA) is 75.6 Å².